The Bertz CT molecular complexity index is 677. The van der Waals surface area contributed by atoms with Crippen LogP contribution in [0.1, 0.15) is 18.8 Å². The number of aryl methyl sites for hydroxylation is 1. The number of allylic oxidation sites excluding steroid dienone is 1. The summed E-state index contributed by atoms with van der Waals surface area (Å²) in [5.41, 5.74) is 0.408. The Morgan fingerprint density at radius 2 is 2.35 bits per heavy atom. The van der Waals surface area contributed by atoms with E-state index in [0.717, 1.165) is 5.82 Å². The predicted molar refractivity (Wildman–Crippen MR) is 79.4 cm³/mol. The first-order valence-corrected chi connectivity index (χ1v) is 6.80. The van der Waals surface area contributed by atoms with Crippen LogP contribution in [0.5, 0.6) is 0 Å². The van der Waals surface area contributed by atoms with Crippen LogP contribution >= 0.6 is 15.9 Å². The van der Waals surface area contributed by atoms with Gasteiger partial charge in [-0.2, -0.15) is 5.10 Å². The molecule has 0 amide bonds. The Hall–Kier alpha value is -1.96. The molecule has 0 aliphatic heterocycles. The van der Waals surface area contributed by atoms with Gasteiger partial charge in [-0.3, -0.25) is 4.79 Å². The lowest BCUT2D eigenvalue weighted by atomic mass is 10.3. The fourth-order valence-electron chi connectivity index (χ4n) is 1.80. The fraction of sp³-hybridized carbons (Fsp3) is 0.333. The van der Waals surface area contributed by atoms with Crippen LogP contribution in [0.4, 0.5) is 5.69 Å². The molecule has 1 N–H and O–H groups in total. The second-order valence-corrected chi connectivity index (χ2v) is 5.11. The van der Waals surface area contributed by atoms with Gasteiger partial charge < -0.3 is 9.88 Å². The lowest BCUT2D eigenvalue weighted by Crippen LogP contribution is -2.24. The molecule has 0 aliphatic rings. The molecule has 2 aromatic rings. The molecule has 1 atom stereocenters. The van der Waals surface area contributed by atoms with Crippen molar-refractivity contribution in [2.24, 2.45) is 7.05 Å². The zero-order chi connectivity index (χ0) is 14.7. The smallest absolute Gasteiger partial charge is 0.283 e. The number of anilines is 1. The fourth-order valence-corrected chi connectivity index (χ4v) is 2.22. The Kier molecular flexibility index (Phi) is 4.33. The van der Waals surface area contributed by atoms with E-state index in [1.807, 2.05) is 18.5 Å². The molecule has 7 nitrogen and oxygen atoms in total. The maximum absolute atomic E-state index is 12.0. The summed E-state index contributed by atoms with van der Waals surface area (Å²) in [4.78, 5) is 12.0. The van der Waals surface area contributed by atoms with Crippen LogP contribution in [0.25, 0.3) is 0 Å². The van der Waals surface area contributed by atoms with Crippen molar-refractivity contribution >= 4 is 21.6 Å². The Balaban J connectivity index is 2.26. The minimum absolute atomic E-state index is 0.102. The van der Waals surface area contributed by atoms with E-state index in [0.29, 0.717) is 16.7 Å². The van der Waals surface area contributed by atoms with Crippen molar-refractivity contribution in [3.63, 3.8) is 0 Å². The molecule has 0 aromatic carbocycles. The van der Waals surface area contributed by atoms with Crippen LogP contribution < -0.4 is 10.9 Å². The van der Waals surface area contributed by atoms with Crippen molar-refractivity contribution in [3.05, 3.63) is 45.8 Å². The number of hydrogen-bond acceptors (Lipinski definition) is 5. The Labute approximate surface area is 124 Å². The summed E-state index contributed by atoms with van der Waals surface area (Å²) in [5, 5.41) is 15.1. The molecule has 20 heavy (non-hydrogen) atoms. The van der Waals surface area contributed by atoms with E-state index in [4.69, 9.17) is 0 Å². The molecule has 2 aromatic heterocycles. The van der Waals surface area contributed by atoms with Crippen molar-refractivity contribution in [1.82, 2.24) is 24.5 Å². The van der Waals surface area contributed by atoms with Crippen LogP contribution in [-0.2, 0) is 13.6 Å². The van der Waals surface area contributed by atoms with Crippen molar-refractivity contribution in [1.29, 1.82) is 0 Å². The molecular formula is C12H15BrN6O. The van der Waals surface area contributed by atoms with E-state index < -0.39 is 0 Å². The third kappa shape index (κ3) is 2.79. The van der Waals surface area contributed by atoms with Crippen molar-refractivity contribution in [3.8, 4) is 0 Å². The second kappa shape index (κ2) is 6.00. The van der Waals surface area contributed by atoms with E-state index in [1.165, 1.54) is 4.68 Å². The minimum Gasteiger partial charge on any atom is -0.373 e. The molecule has 0 saturated carbocycles. The van der Waals surface area contributed by atoms with Crippen molar-refractivity contribution in [2.75, 3.05) is 5.32 Å². The van der Waals surface area contributed by atoms with Gasteiger partial charge in [-0.1, -0.05) is 6.08 Å². The lowest BCUT2D eigenvalue weighted by molar-refractivity contribution is 0.646. The largest absolute Gasteiger partial charge is 0.373 e. The standard InChI is InChI=1S/C12H15BrN6O/c1-4-5-19-12(20)10(13)9(6-15-19)16-8(2)11-17-14-7-18(11)3/h4,6-8,16H,1,5H2,2-3H3. The number of nitrogens with one attached hydrogen (secondary N) is 1. The van der Waals surface area contributed by atoms with E-state index in [1.54, 1.807) is 18.6 Å². The molecule has 0 bridgehead atoms. The zero-order valence-corrected chi connectivity index (χ0v) is 12.8. The van der Waals surface area contributed by atoms with E-state index in [-0.39, 0.29) is 11.6 Å². The van der Waals surface area contributed by atoms with Gasteiger partial charge in [0.15, 0.2) is 5.82 Å². The summed E-state index contributed by atoms with van der Waals surface area (Å²) < 4.78 is 3.58. The highest BCUT2D eigenvalue weighted by Crippen LogP contribution is 2.21. The van der Waals surface area contributed by atoms with Gasteiger partial charge in [0.05, 0.1) is 24.5 Å². The van der Waals surface area contributed by atoms with E-state index >= 15 is 0 Å². The molecule has 0 aliphatic carbocycles. The highest BCUT2D eigenvalue weighted by molar-refractivity contribution is 9.10. The predicted octanol–water partition coefficient (Wildman–Crippen LogP) is 1.49. The minimum atomic E-state index is -0.208. The maximum Gasteiger partial charge on any atom is 0.283 e. The van der Waals surface area contributed by atoms with Crippen LogP contribution in [0.15, 0.2) is 34.4 Å². The van der Waals surface area contributed by atoms with Crippen LogP contribution in [0.3, 0.4) is 0 Å². The monoisotopic (exact) mass is 338 g/mol. The molecule has 0 saturated heterocycles. The second-order valence-electron chi connectivity index (χ2n) is 4.31. The first-order chi connectivity index (χ1) is 9.54. The third-order valence-corrected chi connectivity index (χ3v) is 3.56. The lowest BCUT2D eigenvalue weighted by Gasteiger charge is -2.15. The van der Waals surface area contributed by atoms with Gasteiger partial charge in [0.2, 0.25) is 0 Å². The molecule has 0 radical (unpaired) electrons. The first kappa shape index (κ1) is 14.4. The van der Waals surface area contributed by atoms with Crippen LogP contribution in [0, 0.1) is 0 Å². The van der Waals surface area contributed by atoms with Crippen molar-refractivity contribution in [2.45, 2.75) is 19.5 Å². The van der Waals surface area contributed by atoms with Gasteiger partial charge in [-0.05, 0) is 22.9 Å². The topological polar surface area (TPSA) is 77.6 Å². The quantitative estimate of drug-likeness (QED) is 0.836. The maximum atomic E-state index is 12.0. The summed E-state index contributed by atoms with van der Waals surface area (Å²) in [7, 11) is 1.86. The summed E-state index contributed by atoms with van der Waals surface area (Å²) in [5.74, 6) is 0.771. The molecule has 0 spiro atoms. The molecule has 0 fully saturated rings. The summed E-state index contributed by atoms with van der Waals surface area (Å²) >= 11 is 3.30. The molecule has 8 heteroatoms. The van der Waals surface area contributed by atoms with Crippen LogP contribution in [0.2, 0.25) is 0 Å². The van der Waals surface area contributed by atoms with Gasteiger partial charge >= 0.3 is 0 Å². The van der Waals surface area contributed by atoms with E-state index in [9.17, 15) is 4.79 Å². The number of nitrogens with zero attached hydrogens (tertiary/aromatic N) is 5. The van der Waals surface area contributed by atoms with Crippen LogP contribution in [-0.4, -0.2) is 24.5 Å². The van der Waals surface area contributed by atoms with Gasteiger partial charge in [-0.15, -0.1) is 16.8 Å². The molecule has 1 unspecified atom stereocenters. The Morgan fingerprint density at radius 1 is 1.60 bits per heavy atom. The molecular weight excluding hydrogens is 324 g/mol. The molecule has 2 rings (SSSR count). The van der Waals surface area contributed by atoms with Gasteiger partial charge in [0.1, 0.15) is 10.8 Å². The number of rotatable bonds is 5. The van der Waals surface area contributed by atoms with E-state index in [2.05, 4.69) is 43.1 Å². The third-order valence-electron chi connectivity index (χ3n) is 2.79. The zero-order valence-electron chi connectivity index (χ0n) is 11.2. The number of aromatic nitrogens is 5. The summed E-state index contributed by atoms with van der Waals surface area (Å²) in [6.45, 7) is 5.90. The summed E-state index contributed by atoms with van der Waals surface area (Å²) in [6.07, 6.45) is 4.85. The molecule has 2 heterocycles. The first-order valence-electron chi connectivity index (χ1n) is 6.01. The number of hydrogen-bond donors (Lipinski definition) is 1. The number of halogens is 1. The highest BCUT2D eigenvalue weighted by atomic mass is 79.9. The van der Waals surface area contributed by atoms with Gasteiger partial charge in [-0.25, -0.2) is 4.68 Å². The highest BCUT2D eigenvalue weighted by Gasteiger charge is 2.15. The molecule has 106 valence electrons. The Morgan fingerprint density at radius 3 is 2.95 bits per heavy atom. The van der Waals surface area contributed by atoms with Crippen molar-refractivity contribution < 1.29 is 0 Å². The summed E-state index contributed by atoms with van der Waals surface area (Å²) in [6, 6.07) is -0.102. The van der Waals surface area contributed by atoms with Gasteiger partial charge in [0, 0.05) is 7.05 Å². The normalized spacial score (nSPS) is 12.2. The SMILES string of the molecule is C=CCn1ncc(NC(C)c2nncn2C)c(Br)c1=O. The van der Waals surface area contributed by atoms with Gasteiger partial charge in [0.25, 0.3) is 5.56 Å². The average Bonchev–Trinajstić information content (AvgIpc) is 2.85. The average molecular weight is 339 g/mol.